The first-order chi connectivity index (χ1) is 14.2. The molecule has 29 heavy (non-hydrogen) atoms. The second-order valence-corrected chi connectivity index (χ2v) is 6.98. The highest BCUT2D eigenvalue weighted by atomic mass is 16.6. The van der Waals surface area contributed by atoms with E-state index in [1.165, 1.54) is 11.1 Å². The lowest BCUT2D eigenvalue weighted by Crippen LogP contribution is -2.34. The summed E-state index contributed by atoms with van der Waals surface area (Å²) < 4.78 is 17.0. The Kier molecular flexibility index (Phi) is 8.04. The van der Waals surface area contributed by atoms with E-state index < -0.39 is 0 Å². The fraction of sp³-hybridized carbons (Fsp3) is 0.435. The van der Waals surface area contributed by atoms with Crippen molar-refractivity contribution in [3.63, 3.8) is 0 Å². The fourth-order valence-electron chi connectivity index (χ4n) is 3.22. The van der Waals surface area contributed by atoms with Gasteiger partial charge in [0.25, 0.3) is 0 Å². The maximum Gasteiger partial charge on any atom is 0.145 e. The minimum atomic E-state index is -0.103. The zero-order valence-corrected chi connectivity index (χ0v) is 17.3. The van der Waals surface area contributed by atoms with Gasteiger partial charge in [0.1, 0.15) is 17.7 Å². The molecule has 1 heterocycles. The maximum absolute atomic E-state index is 6.03. The first-order valence-electron chi connectivity index (χ1n) is 10.3. The van der Waals surface area contributed by atoms with Crippen molar-refractivity contribution in [2.45, 2.75) is 26.4 Å². The molecule has 2 N–H and O–H groups in total. The van der Waals surface area contributed by atoms with Gasteiger partial charge in [-0.25, -0.2) is 5.84 Å². The lowest BCUT2D eigenvalue weighted by atomic mass is 10.0. The Hall–Kier alpha value is -2.41. The van der Waals surface area contributed by atoms with Crippen molar-refractivity contribution in [1.82, 2.24) is 5.01 Å². The van der Waals surface area contributed by atoms with Crippen molar-refractivity contribution >= 4 is 5.84 Å². The number of nitrogens with zero attached hydrogens (tertiary/aromatic N) is 2. The van der Waals surface area contributed by atoms with Gasteiger partial charge in [0.2, 0.25) is 0 Å². The lowest BCUT2D eigenvalue weighted by molar-refractivity contribution is -0.000257. The summed E-state index contributed by atoms with van der Waals surface area (Å²) in [6.45, 7) is 7.88. The highest BCUT2D eigenvalue weighted by Crippen LogP contribution is 2.18. The second-order valence-electron chi connectivity index (χ2n) is 6.98. The highest BCUT2D eigenvalue weighted by Gasteiger charge is 2.15. The van der Waals surface area contributed by atoms with Crippen LogP contribution in [0.25, 0.3) is 0 Å². The number of ether oxygens (including phenoxy) is 3. The van der Waals surface area contributed by atoms with Crippen molar-refractivity contribution in [3.05, 3.63) is 65.2 Å². The van der Waals surface area contributed by atoms with E-state index in [0.717, 1.165) is 36.7 Å². The van der Waals surface area contributed by atoms with E-state index >= 15 is 0 Å². The molecule has 3 rings (SSSR count). The number of aliphatic imine (C=N–C) groups is 1. The Balaban J connectivity index is 1.57. The van der Waals surface area contributed by atoms with Crippen LogP contribution in [0.5, 0.6) is 5.75 Å². The Bertz CT molecular complexity index is 767. The van der Waals surface area contributed by atoms with Crippen LogP contribution in [0, 0.1) is 0 Å². The molecule has 0 aromatic heterocycles. The third kappa shape index (κ3) is 6.29. The lowest BCUT2D eigenvalue weighted by Gasteiger charge is -2.19. The number of rotatable bonds is 11. The summed E-state index contributed by atoms with van der Waals surface area (Å²) in [5.74, 6) is 7.65. The molecular formula is C23H31N3O3. The van der Waals surface area contributed by atoms with Gasteiger partial charge in [-0.05, 0) is 43.5 Å². The second kappa shape index (κ2) is 11.0. The van der Waals surface area contributed by atoms with Crippen LogP contribution in [0.4, 0.5) is 0 Å². The predicted octanol–water partition coefficient (Wildman–Crippen LogP) is 3.03. The van der Waals surface area contributed by atoms with Crippen molar-refractivity contribution in [3.8, 4) is 5.75 Å². The molecule has 0 saturated heterocycles. The normalized spacial score (nSPS) is 13.8. The van der Waals surface area contributed by atoms with Gasteiger partial charge in [0.15, 0.2) is 0 Å². The molecule has 2 aromatic rings. The number of nitrogens with two attached hydrogens (primary N) is 1. The summed E-state index contributed by atoms with van der Waals surface area (Å²) in [5.41, 5.74) is 3.54. The van der Waals surface area contributed by atoms with Gasteiger partial charge in [-0.1, -0.05) is 36.4 Å². The molecule has 0 saturated carbocycles. The van der Waals surface area contributed by atoms with Gasteiger partial charge >= 0.3 is 0 Å². The van der Waals surface area contributed by atoms with Crippen LogP contribution in [0.1, 0.15) is 30.5 Å². The van der Waals surface area contributed by atoms with E-state index in [4.69, 9.17) is 20.1 Å². The topological polar surface area (TPSA) is 69.3 Å². The molecule has 0 aliphatic carbocycles. The predicted molar refractivity (Wildman–Crippen MR) is 115 cm³/mol. The van der Waals surface area contributed by atoms with Crippen molar-refractivity contribution in [2.24, 2.45) is 10.8 Å². The molecular weight excluding hydrogens is 366 g/mol. The molecule has 0 fully saturated rings. The summed E-state index contributed by atoms with van der Waals surface area (Å²) in [7, 11) is 0. The van der Waals surface area contributed by atoms with E-state index in [-0.39, 0.29) is 6.10 Å². The average molecular weight is 398 g/mol. The molecule has 2 aromatic carbocycles. The number of hydrogen-bond donors (Lipinski definition) is 1. The Morgan fingerprint density at radius 3 is 2.03 bits per heavy atom. The molecule has 1 aliphatic heterocycles. The van der Waals surface area contributed by atoms with Crippen molar-refractivity contribution in [1.29, 1.82) is 0 Å². The van der Waals surface area contributed by atoms with Gasteiger partial charge < -0.3 is 14.2 Å². The zero-order chi connectivity index (χ0) is 20.5. The van der Waals surface area contributed by atoms with Gasteiger partial charge in [-0.2, -0.15) is 0 Å². The monoisotopic (exact) mass is 397 g/mol. The van der Waals surface area contributed by atoms with Crippen LogP contribution in [-0.4, -0.2) is 56.5 Å². The molecule has 0 radical (unpaired) electrons. The minimum Gasteiger partial charge on any atom is -0.486 e. The van der Waals surface area contributed by atoms with Crippen LogP contribution in [0.3, 0.4) is 0 Å². The summed E-state index contributed by atoms with van der Waals surface area (Å²) in [5, 5.41) is 1.71. The zero-order valence-electron chi connectivity index (χ0n) is 17.3. The average Bonchev–Trinajstić information content (AvgIpc) is 3.18. The molecule has 0 atom stereocenters. The third-order valence-electron chi connectivity index (χ3n) is 4.74. The van der Waals surface area contributed by atoms with Crippen molar-refractivity contribution < 1.29 is 14.2 Å². The first kappa shape index (κ1) is 21.3. The minimum absolute atomic E-state index is 0.103. The molecule has 1 aliphatic rings. The number of hydrogen-bond acceptors (Lipinski definition) is 6. The summed E-state index contributed by atoms with van der Waals surface area (Å²) in [4.78, 5) is 4.46. The molecule has 156 valence electrons. The van der Waals surface area contributed by atoms with Crippen LogP contribution >= 0.6 is 0 Å². The molecule has 0 amide bonds. The molecule has 6 nitrogen and oxygen atoms in total. The van der Waals surface area contributed by atoms with Crippen LogP contribution in [-0.2, 0) is 15.9 Å². The number of amidine groups is 1. The van der Waals surface area contributed by atoms with E-state index in [9.17, 15) is 0 Å². The van der Waals surface area contributed by atoms with E-state index in [1.807, 2.05) is 26.0 Å². The number of hydrazine groups is 1. The molecule has 6 heteroatoms. The summed E-state index contributed by atoms with van der Waals surface area (Å²) >= 11 is 0. The molecule has 0 bridgehead atoms. The van der Waals surface area contributed by atoms with Crippen molar-refractivity contribution in [2.75, 3.05) is 39.5 Å². The third-order valence-corrected chi connectivity index (χ3v) is 4.74. The van der Waals surface area contributed by atoms with Crippen LogP contribution in [0.2, 0.25) is 0 Å². The number of benzene rings is 2. The standard InChI is InChI=1S/C23H31N3O3/c1-3-27-16-22(17-28-4-2)29-21-11-7-19(8-12-21)15-18-5-9-20(10-6-18)23-25-13-14-26(23)24/h5-12,22H,3-4,13-17,24H2,1-2H3. The smallest absolute Gasteiger partial charge is 0.145 e. The first-order valence-corrected chi connectivity index (χ1v) is 10.3. The van der Waals surface area contributed by atoms with Crippen LogP contribution in [0.15, 0.2) is 53.5 Å². The highest BCUT2D eigenvalue weighted by molar-refractivity contribution is 5.99. The van der Waals surface area contributed by atoms with Gasteiger partial charge in [-0.3, -0.25) is 10.0 Å². The molecule has 0 unspecified atom stereocenters. The molecule has 0 spiro atoms. The SMILES string of the molecule is CCOCC(COCC)Oc1ccc(Cc2ccc(C3=NCCN3N)cc2)cc1. The Morgan fingerprint density at radius 1 is 0.931 bits per heavy atom. The largest absolute Gasteiger partial charge is 0.486 e. The van der Waals surface area contributed by atoms with Gasteiger partial charge in [0, 0.05) is 18.8 Å². The maximum atomic E-state index is 6.03. The quantitative estimate of drug-likeness (QED) is 0.590. The van der Waals surface area contributed by atoms with Crippen LogP contribution < -0.4 is 10.6 Å². The van der Waals surface area contributed by atoms with Gasteiger partial charge in [0.05, 0.1) is 26.3 Å². The van der Waals surface area contributed by atoms with Gasteiger partial charge in [-0.15, -0.1) is 0 Å². The Morgan fingerprint density at radius 2 is 1.52 bits per heavy atom. The summed E-state index contributed by atoms with van der Waals surface area (Å²) in [6, 6.07) is 16.7. The fourth-order valence-corrected chi connectivity index (χ4v) is 3.22. The van der Waals surface area contributed by atoms with E-state index in [0.29, 0.717) is 26.4 Å². The Labute approximate surface area is 173 Å². The van der Waals surface area contributed by atoms with E-state index in [2.05, 4.69) is 41.4 Å². The van der Waals surface area contributed by atoms with E-state index in [1.54, 1.807) is 5.01 Å². The summed E-state index contributed by atoms with van der Waals surface area (Å²) in [6.07, 6.45) is 0.759.